The summed E-state index contributed by atoms with van der Waals surface area (Å²) < 4.78 is 43.8. The number of alkyl halides is 3. The van der Waals surface area contributed by atoms with Gasteiger partial charge in [0.15, 0.2) is 0 Å². The van der Waals surface area contributed by atoms with Crippen LogP contribution >= 0.6 is 0 Å². The highest BCUT2D eigenvalue weighted by atomic mass is 19.4. The molecule has 4 rings (SSSR count). The van der Waals surface area contributed by atoms with E-state index in [0.29, 0.717) is 22.7 Å². The number of carbonyl (C=O) groups is 1. The number of anilines is 1. The molecule has 1 amide bonds. The zero-order chi connectivity index (χ0) is 21.3. The van der Waals surface area contributed by atoms with Crippen LogP contribution in [-0.2, 0) is 11.0 Å². The van der Waals surface area contributed by atoms with Gasteiger partial charge < -0.3 is 4.74 Å². The molecule has 152 valence electrons. The van der Waals surface area contributed by atoms with Crippen molar-refractivity contribution >= 4 is 17.7 Å². The van der Waals surface area contributed by atoms with Gasteiger partial charge in [0, 0.05) is 11.4 Å². The Hall–Kier alpha value is -3.54. The maximum absolute atomic E-state index is 13.0. The molecule has 1 saturated heterocycles. The molecule has 1 unspecified atom stereocenters. The van der Waals surface area contributed by atoms with Crippen molar-refractivity contribution in [3.8, 4) is 5.75 Å². The third kappa shape index (κ3) is 3.68. The fraction of sp³-hybridized carbons (Fsp3) is 0.125. The maximum Gasteiger partial charge on any atom is 0.416 e. The highest BCUT2D eigenvalue weighted by Crippen LogP contribution is 2.43. The first-order valence-electron chi connectivity index (χ1n) is 9.30. The van der Waals surface area contributed by atoms with Gasteiger partial charge >= 0.3 is 6.18 Å². The normalized spacial score (nSPS) is 17.7. The van der Waals surface area contributed by atoms with Gasteiger partial charge in [-0.25, -0.2) is 0 Å². The Morgan fingerprint density at radius 3 is 2.10 bits per heavy atom. The summed E-state index contributed by atoms with van der Waals surface area (Å²) in [6.45, 7) is 0. The van der Waals surface area contributed by atoms with Gasteiger partial charge in [0.2, 0.25) is 5.91 Å². The zero-order valence-electron chi connectivity index (χ0n) is 16.1. The molecule has 6 heteroatoms. The lowest BCUT2D eigenvalue weighted by atomic mass is 9.84. The van der Waals surface area contributed by atoms with Gasteiger partial charge in [-0.05, 0) is 53.6 Å². The largest absolute Gasteiger partial charge is 0.497 e. The Balaban J connectivity index is 1.73. The maximum atomic E-state index is 13.0. The van der Waals surface area contributed by atoms with Crippen LogP contribution in [0.3, 0.4) is 0 Å². The van der Waals surface area contributed by atoms with E-state index in [2.05, 4.69) is 0 Å². The summed E-state index contributed by atoms with van der Waals surface area (Å²) in [7, 11) is 1.56. The van der Waals surface area contributed by atoms with Crippen LogP contribution in [0.5, 0.6) is 5.75 Å². The SMILES string of the molecule is COc1ccc(N2C(=O)C(c3ccccc3)/C2=C\c2ccc(C(F)(F)F)cc2)cc1. The quantitative estimate of drug-likeness (QED) is 0.503. The molecule has 0 aliphatic carbocycles. The monoisotopic (exact) mass is 409 g/mol. The molecule has 3 aromatic rings. The van der Waals surface area contributed by atoms with E-state index in [4.69, 9.17) is 4.74 Å². The lowest BCUT2D eigenvalue weighted by Gasteiger charge is -2.42. The second-order valence-corrected chi connectivity index (χ2v) is 6.90. The fourth-order valence-electron chi connectivity index (χ4n) is 3.50. The molecule has 0 saturated carbocycles. The molecule has 0 radical (unpaired) electrons. The van der Waals surface area contributed by atoms with Crippen LogP contribution in [0.4, 0.5) is 18.9 Å². The van der Waals surface area contributed by atoms with Crippen molar-refractivity contribution < 1.29 is 22.7 Å². The number of carbonyl (C=O) groups excluding carboxylic acids is 1. The lowest BCUT2D eigenvalue weighted by Crippen LogP contribution is -2.48. The molecule has 1 aliphatic heterocycles. The van der Waals surface area contributed by atoms with Crippen LogP contribution in [0.2, 0.25) is 0 Å². The van der Waals surface area contributed by atoms with Gasteiger partial charge in [0.05, 0.1) is 12.7 Å². The van der Waals surface area contributed by atoms with Gasteiger partial charge in [-0.1, -0.05) is 42.5 Å². The van der Waals surface area contributed by atoms with Crippen LogP contribution in [0, 0.1) is 0 Å². The van der Waals surface area contributed by atoms with E-state index in [1.807, 2.05) is 30.3 Å². The number of benzene rings is 3. The van der Waals surface area contributed by atoms with E-state index in [1.165, 1.54) is 12.1 Å². The van der Waals surface area contributed by atoms with Crippen LogP contribution in [-0.4, -0.2) is 13.0 Å². The van der Waals surface area contributed by atoms with Gasteiger partial charge in [-0.3, -0.25) is 9.69 Å². The highest BCUT2D eigenvalue weighted by molar-refractivity contribution is 6.13. The Morgan fingerprint density at radius 1 is 0.900 bits per heavy atom. The zero-order valence-corrected chi connectivity index (χ0v) is 16.1. The van der Waals surface area contributed by atoms with E-state index < -0.39 is 17.7 Å². The summed E-state index contributed by atoms with van der Waals surface area (Å²) >= 11 is 0. The summed E-state index contributed by atoms with van der Waals surface area (Å²) in [6, 6.07) is 21.3. The van der Waals surface area contributed by atoms with Crippen LogP contribution < -0.4 is 9.64 Å². The molecule has 3 nitrogen and oxygen atoms in total. The number of halogens is 3. The van der Waals surface area contributed by atoms with Crippen LogP contribution in [0.1, 0.15) is 22.6 Å². The molecule has 1 fully saturated rings. The summed E-state index contributed by atoms with van der Waals surface area (Å²) in [5.41, 5.74) is 2.10. The van der Waals surface area contributed by atoms with Crippen molar-refractivity contribution in [1.29, 1.82) is 0 Å². The van der Waals surface area contributed by atoms with E-state index >= 15 is 0 Å². The van der Waals surface area contributed by atoms with E-state index in [0.717, 1.165) is 17.7 Å². The second-order valence-electron chi connectivity index (χ2n) is 6.90. The van der Waals surface area contributed by atoms with E-state index in [-0.39, 0.29) is 5.91 Å². The van der Waals surface area contributed by atoms with Crippen LogP contribution in [0.25, 0.3) is 6.08 Å². The number of methoxy groups -OCH3 is 1. The summed E-state index contributed by atoms with van der Waals surface area (Å²) in [4.78, 5) is 14.6. The molecule has 0 aromatic heterocycles. The predicted octanol–water partition coefficient (Wildman–Crippen LogP) is 5.89. The Kier molecular flexibility index (Phi) is 5.08. The minimum absolute atomic E-state index is 0.0930. The van der Waals surface area contributed by atoms with Gasteiger partial charge in [0.25, 0.3) is 0 Å². The highest BCUT2D eigenvalue weighted by Gasteiger charge is 2.44. The van der Waals surface area contributed by atoms with Crippen molar-refractivity contribution in [2.75, 3.05) is 12.0 Å². The molecule has 1 heterocycles. The Bertz CT molecular complexity index is 1070. The summed E-state index contributed by atoms with van der Waals surface area (Å²) in [5, 5.41) is 0. The van der Waals surface area contributed by atoms with Crippen molar-refractivity contribution in [2.24, 2.45) is 0 Å². The standard InChI is InChI=1S/C24H18F3NO2/c1-30-20-13-11-19(12-14-20)28-21(22(23(28)29)17-5-3-2-4-6-17)15-16-7-9-18(10-8-16)24(25,26)27/h2-15,22H,1H3/b21-15+. The molecule has 1 atom stereocenters. The number of hydrogen-bond donors (Lipinski definition) is 0. The minimum atomic E-state index is -4.39. The fourth-order valence-corrected chi connectivity index (χ4v) is 3.50. The molecule has 0 N–H and O–H groups in total. The molecular formula is C24H18F3NO2. The van der Waals surface area contributed by atoms with Gasteiger partial charge in [0.1, 0.15) is 11.7 Å². The smallest absolute Gasteiger partial charge is 0.416 e. The molecule has 3 aromatic carbocycles. The summed E-state index contributed by atoms with van der Waals surface area (Å²) in [6.07, 6.45) is -2.64. The minimum Gasteiger partial charge on any atom is -0.497 e. The molecule has 30 heavy (non-hydrogen) atoms. The van der Waals surface area contributed by atoms with Gasteiger partial charge in [-0.15, -0.1) is 0 Å². The Morgan fingerprint density at radius 2 is 1.53 bits per heavy atom. The summed E-state index contributed by atoms with van der Waals surface area (Å²) in [5.74, 6) is 0.0970. The van der Waals surface area contributed by atoms with Crippen molar-refractivity contribution in [3.05, 3.63) is 101 Å². The number of rotatable bonds is 4. The number of nitrogens with zero attached hydrogens (tertiary/aromatic N) is 1. The molecule has 0 spiro atoms. The first-order valence-corrected chi connectivity index (χ1v) is 9.30. The van der Waals surface area contributed by atoms with Crippen molar-refractivity contribution in [2.45, 2.75) is 12.1 Å². The van der Waals surface area contributed by atoms with E-state index in [1.54, 1.807) is 42.4 Å². The van der Waals surface area contributed by atoms with Crippen molar-refractivity contribution in [1.82, 2.24) is 0 Å². The van der Waals surface area contributed by atoms with E-state index in [9.17, 15) is 18.0 Å². The molecule has 0 bridgehead atoms. The Labute approximate surface area is 172 Å². The third-order valence-electron chi connectivity index (χ3n) is 5.04. The average molecular weight is 409 g/mol. The topological polar surface area (TPSA) is 29.5 Å². The van der Waals surface area contributed by atoms with Crippen molar-refractivity contribution in [3.63, 3.8) is 0 Å². The predicted molar refractivity (Wildman–Crippen MR) is 109 cm³/mol. The number of ether oxygens (including phenoxy) is 1. The van der Waals surface area contributed by atoms with Crippen LogP contribution in [0.15, 0.2) is 84.6 Å². The third-order valence-corrected chi connectivity index (χ3v) is 5.04. The average Bonchev–Trinajstić information content (AvgIpc) is 2.74. The number of β-lactam (4-membered cyclic amide) rings is 1. The molecule has 1 aliphatic rings. The van der Waals surface area contributed by atoms with Gasteiger partial charge in [-0.2, -0.15) is 13.2 Å². The number of amides is 1. The molecular weight excluding hydrogens is 391 g/mol. The number of hydrogen-bond acceptors (Lipinski definition) is 2. The second kappa shape index (κ2) is 7.71. The lowest BCUT2D eigenvalue weighted by molar-refractivity contribution is -0.137. The first kappa shape index (κ1) is 19.8. The first-order chi connectivity index (χ1) is 14.4.